The van der Waals surface area contributed by atoms with Crippen LogP contribution in [0.3, 0.4) is 0 Å². The molecule has 6 nitrogen and oxygen atoms in total. The van der Waals surface area contributed by atoms with E-state index < -0.39 is 16.1 Å². The molecule has 0 saturated carbocycles. The van der Waals surface area contributed by atoms with Crippen molar-refractivity contribution in [2.45, 2.75) is 55.2 Å². The summed E-state index contributed by atoms with van der Waals surface area (Å²) < 4.78 is 27.3. The first-order chi connectivity index (χ1) is 13.5. The Morgan fingerprint density at radius 2 is 2.07 bits per heavy atom. The molecule has 1 fully saturated rings. The first-order valence-corrected chi connectivity index (χ1v) is 12.6. The van der Waals surface area contributed by atoms with Crippen LogP contribution in [0.4, 0.5) is 5.00 Å². The fourth-order valence-electron chi connectivity index (χ4n) is 3.96. The number of hydrogen-bond donors (Lipinski definition) is 1. The summed E-state index contributed by atoms with van der Waals surface area (Å²) in [5.74, 6) is -0.342. The normalized spacial score (nSPS) is 20.3. The van der Waals surface area contributed by atoms with Crippen molar-refractivity contribution >= 4 is 43.6 Å². The lowest BCUT2D eigenvalue weighted by Gasteiger charge is -2.22. The van der Waals surface area contributed by atoms with Gasteiger partial charge in [-0.15, -0.1) is 22.7 Å². The molecule has 2 aromatic heterocycles. The number of sulfonamides is 1. The number of nitriles is 1. The molecule has 4 rings (SSSR count). The lowest BCUT2D eigenvalue weighted by atomic mass is 10.1. The number of thiophene rings is 2. The molecule has 1 atom stereocenters. The summed E-state index contributed by atoms with van der Waals surface area (Å²) in [7, 11) is -3.68. The molecule has 1 unspecified atom stereocenters. The third kappa shape index (κ3) is 3.50. The number of nitrogens with one attached hydrogen (secondary N) is 1. The predicted octanol–water partition coefficient (Wildman–Crippen LogP) is 3.74. The van der Waals surface area contributed by atoms with E-state index in [1.807, 2.05) is 0 Å². The number of amides is 1. The van der Waals surface area contributed by atoms with E-state index in [1.54, 1.807) is 17.5 Å². The third-order valence-electron chi connectivity index (χ3n) is 5.33. The lowest BCUT2D eigenvalue weighted by Crippen LogP contribution is -2.42. The van der Waals surface area contributed by atoms with Gasteiger partial charge in [0.2, 0.25) is 5.91 Å². The van der Waals surface area contributed by atoms with Gasteiger partial charge in [-0.1, -0.05) is 12.5 Å². The van der Waals surface area contributed by atoms with Crippen LogP contribution in [-0.4, -0.2) is 31.2 Å². The minimum atomic E-state index is -3.68. The largest absolute Gasteiger partial charge is 0.315 e. The predicted molar refractivity (Wildman–Crippen MR) is 110 cm³/mol. The summed E-state index contributed by atoms with van der Waals surface area (Å²) in [4.78, 5) is 14.2. The van der Waals surface area contributed by atoms with Crippen molar-refractivity contribution in [2.24, 2.45) is 0 Å². The summed E-state index contributed by atoms with van der Waals surface area (Å²) in [5.41, 5.74) is 1.62. The number of nitrogens with zero attached hydrogens (tertiary/aromatic N) is 2. The number of aryl methyl sites for hydroxylation is 1. The van der Waals surface area contributed by atoms with E-state index in [9.17, 15) is 18.5 Å². The van der Waals surface area contributed by atoms with Gasteiger partial charge in [0.1, 0.15) is 21.3 Å². The molecule has 1 amide bonds. The summed E-state index contributed by atoms with van der Waals surface area (Å²) >= 11 is 2.63. The highest BCUT2D eigenvalue weighted by molar-refractivity contribution is 7.91. The highest BCUT2D eigenvalue weighted by Crippen LogP contribution is 2.37. The van der Waals surface area contributed by atoms with Crippen LogP contribution < -0.4 is 5.32 Å². The van der Waals surface area contributed by atoms with Crippen LogP contribution in [0.15, 0.2) is 21.7 Å². The van der Waals surface area contributed by atoms with Gasteiger partial charge in [0.25, 0.3) is 10.0 Å². The van der Waals surface area contributed by atoms with Crippen LogP contribution in [0.1, 0.15) is 48.1 Å². The number of fused-ring (bicyclic) bond motifs is 1. The van der Waals surface area contributed by atoms with E-state index in [4.69, 9.17) is 0 Å². The monoisotopic (exact) mass is 435 g/mol. The van der Waals surface area contributed by atoms with Crippen LogP contribution in [0.25, 0.3) is 0 Å². The SMILES string of the molecule is N#Cc1c(NC(=O)C2CCCN2S(=O)(=O)c2cccs2)sc2c1CCCCC2. The zero-order valence-electron chi connectivity index (χ0n) is 15.3. The minimum absolute atomic E-state index is 0.257. The van der Waals surface area contributed by atoms with Crippen molar-refractivity contribution in [2.75, 3.05) is 11.9 Å². The molecule has 0 bridgehead atoms. The fraction of sp³-hybridized carbons (Fsp3) is 0.474. The number of carbonyl (C=O) groups excluding carboxylic acids is 1. The molecule has 148 valence electrons. The highest BCUT2D eigenvalue weighted by atomic mass is 32.2. The molecule has 2 aromatic rings. The summed E-state index contributed by atoms with van der Waals surface area (Å²) in [5, 5.41) is 14.8. The zero-order chi connectivity index (χ0) is 19.7. The van der Waals surface area contributed by atoms with Crippen molar-refractivity contribution in [3.8, 4) is 6.07 Å². The van der Waals surface area contributed by atoms with Gasteiger partial charge in [-0.25, -0.2) is 8.42 Å². The van der Waals surface area contributed by atoms with Crippen molar-refractivity contribution < 1.29 is 13.2 Å². The molecular weight excluding hydrogens is 414 g/mol. The standard InChI is InChI=1S/C19H21N3O3S3/c20-12-14-13-6-2-1-3-8-16(13)27-19(14)21-18(23)15-7-4-10-22(15)28(24,25)17-9-5-11-26-17/h5,9,11,15H,1-4,6-8,10H2,(H,21,23). The van der Waals surface area contributed by atoms with Gasteiger partial charge in [0.05, 0.1) is 5.56 Å². The number of rotatable bonds is 4. The Kier molecular flexibility index (Phi) is 5.56. The second-order valence-electron chi connectivity index (χ2n) is 7.08. The van der Waals surface area contributed by atoms with Gasteiger partial charge < -0.3 is 5.32 Å². The van der Waals surface area contributed by atoms with Crippen molar-refractivity contribution in [3.63, 3.8) is 0 Å². The van der Waals surface area contributed by atoms with Gasteiger partial charge in [0, 0.05) is 11.4 Å². The molecule has 0 radical (unpaired) electrons. The summed E-state index contributed by atoms with van der Waals surface area (Å²) in [6.45, 7) is 0.338. The Hall–Kier alpha value is -1.73. The minimum Gasteiger partial charge on any atom is -0.315 e. The molecule has 1 N–H and O–H groups in total. The van der Waals surface area contributed by atoms with Gasteiger partial charge in [0.15, 0.2) is 0 Å². The Balaban J connectivity index is 1.58. The lowest BCUT2D eigenvalue weighted by molar-refractivity contribution is -0.119. The summed E-state index contributed by atoms with van der Waals surface area (Å²) in [6, 6.07) is 4.78. The zero-order valence-corrected chi connectivity index (χ0v) is 17.8. The Labute approximate surface area is 172 Å². The number of hydrogen-bond acceptors (Lipinski definition) is 6. The van der Waals surface area contributed by atoms with Crippen LogP contribution in [0.5, 0.6) is 0 Å². The first kappa shape index (κ1) is 19.6. The van der Waals surface area contributed by atoms with Crippen molar-refractivity contribution in [1.29, 1.82) is 5.26 Å². The molecule has 1 aliphatic heterocycles. The molecule has 0 spiro atoms. The van der Waals surface area contributed by atoms with Gasteiger partial charge in [-0.05, 0) is 55.5 Å². The maximum Gasteiger partial charge on any atom is 0.253 e. The second-order valence-corrected chi connectivity index (χ2v) is 11.2. The molecule has 3 heterocycles. The number of carbonyl (C=O) groups is 1. The molecule has 9 heteroatoms. The Morgan fingerprint density at radius 3 is 2.82 bits per heavy atom. The molecule has 2 aliphatic rings. The van der Waals surface area contributed by atoms with E-state index in [1.165, 1.54) is 20.5 Å². The fourth-order valence-corrected chi connectivity index (χ4v) is 7.98. The van der Waals surface area contributed by atoms with Gasteiger partial charge in [-0.2, -0.15) is 9.57 Å². The molecular formula is C19H21N3O3S3. The first-order valence-electron chi connectivity index (χ1n) is 9.43. The van der Waals surface area contributed by atoms with Crippen molar-refractivity contribution in [3.05, 3.63) is 33.5 Å². The third-order valence-corrected chi connectivity index (χ3v) is 9.82. The second kappa shape index (κ2) is 7.95. The average Bonchev–Trinajstić information content (AvgIpc) is 3.39. The van der Waals surface area contributed by atoms with Gasteiger partial charge in [-0.3, -0.25) is 4.79 Å². The van der Waals surface area contributed by atoms with Gasteiger partial charge >= 0.3 is 0 Å². The highest BCUT2D eigenvalue weighted by Gasteiger charge is 2.40. The number of anilines is 1. The Bertz CT molecular complexity index is 1020. The van der Waals surface area contributed by atoms with Crippen LogP contribution in [0, 0.1) is 11.3 Å². The van der Waals surface area contributed by atoms with E-state index in [0.29, 0.717) is 30.0 Å². The van der Waals surface area contributed by atoms with E-state index in [0.717, 1.165) is 49.0 Å². The van der Waals surface area contributed by atoms with Crippen LogP contribution >= 0.6 is 22.7 Å². The van der Waals surface area contributed by atoms with Crippen LogP contribution in [-0.2, 0) is 27.7 Å². The molecule has 1 aliphatic carbocycles. The molecule has 28 heavy (non-hydrogen) atoms. The smallest absolute Gasteiger partial charge is 0.253 e. The average molecular weight is 436 g/mol. The maximum absolute atomic E-state index is 13.0. The van der Waals surface area contributed by atoms with E-state index >= 15 is 0 Å². The summed E-state index contributed by atoms with van der Waals surface area (Å²) in [6.07, 6.45) is 6.26. The maximum atomic E-state index is 13.0. The topological polar surface area (TPSA) is 90.3 Å². The van der Waals surface area contributed by atoms with E-state index in [2.05, 4.69) is 11.4 Å². The quantitative estimate of drug-likeness (QED) is 0.741. The van der Waals surface area contributed by atoms with Crippen molar-refractivity contribution in [1.82, 2.24) is 4.31 Å². The van der Waals surface area contributed by atoms with Crippen LogP contribution in [0.2, 0.25) is 0 Å². The molecule has 1 saturated heterocycles. The molecule has 0 aromatic carbocycles. The Morgan fingerprint density at radius 1 is 1.25 bits per heavy atom. The van der Waals surface area contributed by atoms with E-state index in [-0.39, 0.29) is 10.1 Å².